The summed E-state index contributed by atoms with van der Waals surface area (Å²) in [6.45, 7) is 2.24. The molecule has 0 atom stereocenters. The van der Waals surface area contributed by atoms with Crippen LogP contribution in [0, 0.1) is 0 Å². The number of morpholine rings is 1. The third-order valence-electron chi connectivity index (χ3n) is 5.06. The van der Waals surface area contributed by atoms with E-state index >= 15 is 0 Å². The minimum absolute atomic E-state index is 0.0125. The third kappa shape index (κ3) is 7.33. The molecule has 1 amide bonds. The summed E-state index contributed by atoms with van der Waals surface area (Å²) in [6, 6.07) is 12.7. The molecule has 2 aromatic carbocycles. The Balaban J connectivity index is 1.45. The molecule has 32 heavy (non-hydrogen) atoms. The molecule has 0 unspecified atom stereocenters. The van der Waals surface area contributed by atoms with Crippen molar-refractivity contribution in [2.24, 2.45) is 0 Å². The molecular formula is C23H27F3N2O4. The van der Waals surface area contributed by atoms with Crippen molar-refractivity contribution in [2.75, 3.05) is 44.9 Å². The van der Waals surface area contributed by atoms with E-state index in [4.69, 9.17) is 14.2 Å². The highest BCUT2D eigenvalue weighted by Crippen LogP contribution is 2.30. The number of carbonyl (C=O) groups excluding carboxylic acids is 1. The van der Waals surface area contributed by atoms with Crippen molar-refractivity contribution >= 4 is 11.6 Å². The van der Waals surface area contributed by atoms with Crippen LogP contribution in [-0.4, -0.2) is 52.1 Å². The number of anilines is 1. The van der Waals surface area contributed by atoms with E-state index in [0.717, 1.165) is 43.1 Å². The summed E-state index contributed by atoms with van der Waals surface area (Å²) < 4.78 is 52.3. The van der Waals surface area contributed by atoms with Gasteiger partial charge in [0.25, 0.3) is 0 Å². The highest BCUT2D eigenvalue weighted by Gasteiger charge is 2.29. The minimum atomic E-state index is -4.43. The molecule has 0 aromatic heterocycles. The summed E-state index contributed by atoms with van der Waals surface area (Å²) in [7, 11) is 1.36. The monoisotopic (exact) mass is 452 g/mol. The number of rotatable bonds is 9. The maximum atomic E-state index is 12.3. The van der Waals surface area contributed by atoms with Crippen LogP contribution in [-0.2, 0) is 22.5 Å². The number of ether oxygens (including phenoxy) is 3. The summed E-state index contributed by atoms with van der Waals surface area (Å²) in [4.78, 5) is 14.5. The van der Waals surface area contributed by atoms with Crippen molar-refractivity contribution < 1.29 is 32.2 Å². The molecule has 0 bridgehead atoms. The number of hydrogen-bond donors (Lipinski definition) is 1. The highest BCUT2D eigenvalue weighted by atomic mass is 19.4. The molecule has 1 fully saturated rings. The van der Waals surface area contributed by atoms with Gasteiger partial charge in [-0.3, -0.25) is 4.79 Å². The number of methoxy groups -OCH3 is 1. The smallest absolute Gasteiger partial charge is 0.422 e. The summed E-state index contributed by atoms with van der Waals surface area (Å²) >= 11 is 0. The second-order valence-electron chi connectivity index (χ2n) is 7.43. The van der Waals surface area contributed by atoms with E-state index in [0.29, 0.717) is 13.0 Å². The first-order valence-corrected chi connectivity index (χ1v) is 10.4. The Kier molecular flexibility index (Phi) is 8.21. The van der Waals surface area contributed by atoms with Crippen molar-refractivity contribution in [1.82, 2.24) is 5.32 Å². The fourth-order valence-corrected chi connectivity index (χ4v) is 3.34. The van der Waals surface area contributed by atoms with Gasteiger partial charge in [-0.05, 0) is 41.8 Å². The SMILES string of the molecule is COc1cc(CCC(=O)NCc2ccc(N3CCOCC3)cc2)ccc1OCC(F)(F)F. The summed E-state index contributed by atoms with van der Waals surface area (Å²) in [5.41, 5.74) is 2.91. The number of halogens is 3. The van der Waals surface area contributed by atoms with Crippen LogP contribution in [0.5, 0.6) is 11.5 Å². The van der Waals surface area contributed by atoms with Crippen LogP contribution in [0.3, 0.4) is 0 Å². The first-order chi connectivity index (χ1) is 15.3. The van der Waals surface area contributed by atoms with Gasteiger partial charge in [-0.25, -0.2) is 0 Å². The predicted octanol–water partition coefficient (Wildman–Crippen LogP) is 3.72. The molecule has 0 spiro atoms. The second-order valence-corrected chi connectivity index (χ2v) is 7.43. The van der Waals surface area contributed by atoms with Gasteiger partial charge in [0.05, 0.1) is 20.3 Å². The van der Waals surface area contributed by atoms with Crippen molar-refractivity contribution in [1.29, 1.82) is 0 Å². The van der Waals surface area contributed by atoms with E-state index in [1.165, 1.54) is 13.2 Å². The largest absolute Gasteiger partial charge is 0.493 e. The lowest BCUT2D eigenvalue weighted by Gasteiger charge is -2.28. The minimum Gasteiger partial charge on any atom is -0.493 e. The predicted molar refractivity (Wildman–Crippen MR) is 114 cm³/mol. The van der Waals surface area contributed by atoms with Crippen LogP contribution in [0.25, 0.3) is 0 Å². The molecule has 1 aliphatic heterocycles. The molecular weight excluding hydrogens is 425 g/mol. The molecule has 0 aliphatic carbocycles. The average molecular weight is 452 g/mol. The molecule has 6 nitrogen and oxygen atoms in total. The standard InChI is InChI=1S/C23H27F3N2O4/c1-30-21-14-17(4-8-20(21)32-16-23(24,25)26)5-9-22(29)27-15-18-2-6-19(7-3-18)28-10-12-31-13-11-28/h2-4,6-8,14H,5,9-13,15-16H2,1H3,(H,27,29). The number of hydrogen-bond acceptors (Lipinski definition) is 5. The third-order valence-corrected chi connectivity index (χ3v) is 5.06. The number of aryl methyl sites for hydroxylation is 1. The highest BCUT2D eigenvalue weighted by molar-refractivity contribution is 5.76. The van der Waals surface area contributed by atoms with E-state index in [-0.39, 0.29) is 23.8 Å². The van der Waals surface area contributed by atoms with Crippen LogP contribution in [0.15, 0.2) is 42.5 Å². The molecule has 1 heterocycles. The second kappa shape index (κ2) is 11.1. The van der Waals surface area contributed by atoms with Gasteiger partial charge in [0.15, 0.2) is 18.1 Å². The van der Waals surface area contributed by atoms with E-state index in [1.807, 2.05) is 24.3 Å². The molecule has 1 saturated heterocycles. The van der Waals surface area contributed by atoms with Crippen molar-refractivity contribution in [3.63, 3.8) is 0 Å². The van der Waals surface area contributed by atoms with Crippen LogP contribution >= 0.6 is 0 Å². The fraction of sp³-hybridized carbons (Fsp3) is 0.435. The Morgan fingerprint density at radius 2 is 1.75 bits per heavy atom. The van der Waals surface area contributed by atoms with Crippen LogP contribution < -0.4 is 19.7 Å². The fourth-order valence-electron chi connectivity index (χ4n) is 3.34. The van der Waals surface area contributed by atoms with Crippen LogP contribution in [0.4, 0.5) is 18.9 Å². The zero-order valence-electron chi connectivity index (χ0n) is 17.9. The quantitative estimate of drug-likeness (QED) is 0.629. The van der Waals surface area contributed by atoms with Gasteiger partial charge < -0.3 is 24.4 Å². The maximum absolute atomic E-state index is 12.3. The zero-order valence-corrected chi connectivity index (χ0v) is 17.9. The van der Waals surface area contributed by atoms with Crippen molar-refractivity contribution in [2.45, 2.75) is 25.6 Å². The van der Waals surface area contributed by atoms with Gasteiger partial charge in [0.2, 0.25) is 5.91 Å². The van der Waals surface area contributed by atoms with Gasteiger partial charge in [0.1, 0.15) is 0 Å². The lowest BCUT2D eigenvalue weighted by Crippen LogP contribution is -2.36. The van der Waals surface area contributed by atoms with Gasteiger partial charge in [-0.1, -0.05) is 18.2 Å². The molecule has 1 aliphatic rings. The van der Waals surface area contributed by atoms with Gasteiger partial charge in [0, 0.05) is 31.7 Å². The zero-order chi connectivity index (χ0) is 23.0. The van der Waals surface area contributed by atoms with Gasteiger partial charge >= 0.3 is 6.18 Å². The van der Waals surface area contributed by atoms with Crippen molar-refractivity contribution in [3.8, 4) is 11.5 Å². The van der Waals surface area contributed by atoms with Crippen LogP contribution in [0.2, 0.25) is 0 Å². The Labute approximate surface area is 185 Å². The van der Waals surface area contributed by atoms with E-state index in [2.05, 4.69) is 10.2 Å². The lowest BCUT2D eigenvalue weighted by atomic mass is 10.1. The normalized spacial score (nSPS) is 14.2. The Morgan fingerprint density at radius 1 is 1.06 bits per heavy atom. The first kappa shape index (κ1) is 23.7. The summed E-state index contributed by atoms with van der Waals surface area (Å²) in [5, 5.41) is 2.89. The van der Waals surface area contributed by atoms with Crippen molar-refractivity contribution in [3.05, 3.63) is 53.6 Å². The molecule has 1 N–H and O–H groups in total. The molecule has 2 aromatic rings. The van der Waals surface area contributed by atoms with Gasteiger partial charge in [-0.2, -0.15) is 13.2 Å². The number of carbonyl (C=O) groups is 1. The topological polar surface area (TPSA) is 60.0 Å². The Bertz CT molecular complexity index is 882. The number of benzene rings is 2. The Hall–Kier alpha value is -2.94. The average Bonchev–Trinajstić information content (AvgIpc) is 2.80. The molecule has 174 valence electrons. The number of nitrogens with zero attached hydrogens (tertiary/aromatic N) is 1. The number of alkyl halides is 3. The summed E-state index contributed by atoms with van der Waals surface area (Å²) in [5.74, 6) is 0.102. The molecule has 0 saturated carbocycles. The maximum Gasteiger partial charge on any atom is 0.422 e. The lowest BCUT2D eigenvalue weighted by molar-refractivity contribution is -0.153. The molecule has 9 heteroatoms. The van der Waals surface area contributed by atoms with Crippen LogP contribution in [0.1, 0.15) is 17.5 Å². The van der Waals surface area contributed by atoms with E-state index in [1.54, 1.807) is 12.1 Å². The summed E-state index contributed by atoms with van der Waals surface area (Å²) in [6.07, 6.45) is -3.75. The first-order valence-electron chi connectivity index (χ1n) is 10.4. The Morgan fingerprint density at radius 3 is 2.41 bits per heavy atom. The van der Waals surface area contributed by atoms with Gasteiger partial charge in [-0.15, -0.1) is 0 Å². The molecule has 3 rings (SSSR count). The van der Waals surface area contributed by atoms with E-state index in [9.17, 15) is 18.0 Å². The molecule has 0 radical (unpaired) electrons. The number of amides is 1. The number of nitrogens with one attached hydrogen (secondary N) is 1. The van der Waals surface area contributed by atoms with E-state index < -0.39 is 12.8 Å².